The van der Waals surface area contributed by atoms with Crippen LogP contribution >= 0.6 is 0 Å². The molecule has 2 rings (SSSR count). The van der Waals surface area contributed by atoms with E-state index in [0.717, 1.165) is 0 Å². The molecule has 0 aliphatic carbocycles. The first-order valence-corrected chi connectivity index (χ1v) is 5.79. The first-order valence-electron chi connectivity index (χ1n) is 4.31. The monoisotopic (exact) mass is 222 g/mol. The van der Waals surface area contributed by atoms with Crippen molar-refractivity contribution >= 4 is 20.4 Å². The Morgan fingerprint density at radius 3 is 2.20 bits per heavy atom. The predicted molar refractivity (Wildman–Crippen MR) is 60.0 cm³/mol. The van der Waals surface area contributed by atoms with Gasteiger partial charge in [0.15, 0.2) is 0 Å². The number of rotatable bonds is 1. The van der Waals surface area contributed by atoms with E-state index in [1.807, 2.05) is 0 Å². The highest BCUT2D eigenvalue weighted by molar-refractivity contribution is 8.04. The van der Waals surface area contributed by atoms with Crippen LogP contribution in [0.2, 0.25) is 0 Å². The standard InChI is InChI=1S/C10H10N2O2S/c11-8-4-2-1-3-7(8)9-5-6-10(12)15(9,13)14/h1-6H,11-12H2. The summed E-state index contributed by atoms with van der Waals surface area (Å²) >= 11 is 0. The van der Waals surface area contributed by atoms with Gasteiger partial charge in [-0.15, -0.1) is 0 Å². The Morgan fingerprint density at radius 2 is 1.67 bits per heavy atom. The van der Waals surface area contributed by atoms with Crippen LogP contribution in [-0.4, -0.2) is 8.42 Å². The summed E-state index contributed by atoms with van der Waals surface area (Å²) in [7, 11) is -3.52. The molecule has 0 radical (unpaired) electrons. The summed E-state index contributed by atoms with van der Waals surface area (Å²) in [5.74, 6) is 0. The Morgan fingerprint density at radius 1 is 1.00 bits per heavy atom. The Hall–Kier alpha value is -1.75. The van der Waals surface area contributed by atoms with Crippen molar-refractivity contribution in [2.24, 2.45) is 5.73 Å². The van der Waals surface area contributed by atoms with Crippen LogP contribution in [0.3, 0.4) is 0 Å². The lowest BCUT2D eigenvalue weighted by Gasteiger charge is -2.06. The molecule has 1 aliphatic heterocycles. The summed E-state index contributed by atoms with van der Waals surface area (Å²) in [6.07, 6.45) is 2.84. The number of nitrogen functional groups attached to an aromatic ring is 1. The number of allylic oxidation sites excluding steroid dienone is 2. The van der Waals surface area contributed by atoms with E-state index in [2.05, 4.69) is 0 Å². The van der Waals surface area contributed by atoms with Gasteiger partial charge in [-0.3, -0.25) is 0 Å². The van der Waals surface area contributed by atoms with Gasteiger partial charge in [-0.2, -0.15) is 0 Å². The molecule has 1 aromatic rings. The Kier molecular flexibility index (Phi) is 2.04. The van der Waals surface area contributed by atoms with Gasteiger partial charge in [0.1, 0.15) is 5.03 Å². The second-order valence-corrected chi connectivity index (χ2v) is 5.11. The molecule has 0 atom stereocenters. The van der Waals surface area contributed by atoms with Gasteiger partial charge in [-0.25, -0.2) is 8.42 Å². The molecule has 4 nitrogen and oxygen atoms in total. The zero-order valence-electron chi connectivity index (χ0n) is 7.84. The lowest BCUT2D eigenvalue weighted by atomic mass is 10.1. The van der Waals surface area contributed by atoms with Crippen LogP contribution < -0.4 is 11.5 Å². The zero-order chi connectivity index (χ0) is 11.1. The summed E-state index contributed by atoms with van der Waals surface area (Å²) in [6, 6.07) is 6.79. The fourth-order valence-corrected chi connectivity index (χ4v) is 2.64. The quantitative estimate of drug-likeness (QED) is 0.689. The van der Waals surface area contributed by atoms with Crippen LogP contribution in [0, 0.1) is 0 Å². The smallest absolute Gasteiger partial charge is 0.221 e. The molecule has 15 heavy (non-hydrogen) atoms. The van der Waals surface area contributed by atoms with Crippen LogP contribution in [0.15, 0.2) is 41.4 Å². The second kappa shape index (κ2) is 3.13. The van der Waals surface area contributed by atoms with Gasteiger partial charge in [0.05, 0.1) is 4.91 Å². The van der Waals surface area contributed by atoms with Gasteiger partial charge < -0.3 is 11.5 Å². The van der Waals surface area contributed by atoms with E-state index in [-0.39, 0.29) is 9.93 Å². The van der Waals surface area contributed by atoms with E-state index >= 15 is 0 Å². The van der Waals surface area contributed by atoms with Gasteiger partial charge in [0.25, 0.3) is 0 Å². The molecule has 4 N–H and O–H groups in total. The number of hydrogen-bond acceptors (Lipinski definition) is 4. The molecule has 0 amide bonds. The average molecular weight is 222 g/mol. The highest BCUT2D eigenvalue weighted by Crippen LogP contribution is 2.32. The van der Waals surface area contributed by atoms with E-state index < -0.39 is 9.84 Å². The molecule has 1 aromatic carbocycles. The molecule has 0 saturated carbocycles. The zero-order valence-corrected chi connectivity index (χ0v) is 8.66. The van der Waals surface area contributed by atoms with Gasteiger partial charge in [-0.05, 0) is 18.2 Å². The number of anilines is 1. The minimum Gasteiger partial charge on any atom is -0.398 e. The van der Waals surface area contributed by atoms with Crippen molar-refractivity contribution in [2.45, 2.75) is 0 Å². The molecular formula is C10H10N2O2S. The minimum absolute atomic E-state index is 0.138. The normalized spacial score (nSPS) is 18.4. The number of hydrogen-bond donors (Lipinski definition) is 2. The maximum Gasteiger partial charge on any atom is 0.221 e. The van der Waals surface area contributed by atoms with Gasteiger partial charge in [0, 0.05) is 11.3 Å². The summed E-state index contributed by atoms with van der Waals surface area (Å²) < 4.78 is 23.5. The molecule has 0 fully saturated rings. The molecule has 1 aliphatic rings. The highest BCUT2D eigenvalue weighted by Gasteiger charge is 2.27. The molecule has 78 valence electrons. The Balaban J connectivity index is 2.59. The molecule has 1 heterocycles. The van der Waals surface area contributed by atoms with Crippen molar-refractivity contribution in [2.75, 3.05) is 5.73 Å². The van der Waals surface area contributed by atoms with Gasteiger partial charge >= 0.3 is 0 Å². The topological polar surface area (TPSA) is 86.2 Å². The molecule has 0 unspecified atom stereocenters. The van der Waals surface area contributed by atoms with Crippen LogP contribution in [0.1, 0.15) is 5.56 Å². The number of sulfone groups is 1. The van der Waals surface area contributed by atoms with Gasteiger partial charge in [-0.1, -0.05) is 18.2 Å². The third kappa shape index (κ3) is 1.41. The summed E-state index contributed by atoms with van der Waals surface area (Å²) in [5, 5.41) is -0.138. The van der Waals surface area contributed by atoms with Crippen molar-refractivity contribution in [3.63, 3.8) is 0 Å². The van der Waals surface area contributed by atoms with Crippen LogP contribution in [0.25, 0.3) is 4.91 Å². The summed E-state index contributed by atoms with van der Waals surface area (Å²) in [6.45, 7) is 0. The fourth-order valence-electron chi connectivity index (χ4n) is 1.42. The Labute approximate surface area is 87.8 Å². The van der Waals surface area contributed by atoms with Crippen molar-refractivity contribution in [1.29, 1.82) is 0 Å². The lowest BCUT2D eigenvalue weighted by Crippen LogP contribution is -2.10. The van der Waals surface area contributed by atoms with E-state index in [9.17, 15) is 8.42 Å². The number of para-hydroxylation sites is 1. The molecule has 0 spiro atoms. The van der Waals surface area contributed by atoms with E-state index in [0.29, 0.717) is 11.3 Å². The molecule has 0 bridgehead atoms. The largest absolute Gasteiger partial charge is 0.398 e. The summed E-state index contributed by atoms with van der Waals surface area (Å²) in [4.78, 5) is 0.165. The molecular weight excluding hydrogens is 212 g/mol. The average Bonchev–Trinajstić information content (AvgIpc) is 2.44. The minimum atomic E-state index is -3.52. The molecule has 0 aromatic heterocycles. The molecule has 5 heteroatoms. The molecule has 0 saturated heterocycles. The van der Waals surface area contributed by atoms with E-state index in [4.69, 9.17) is 11.5 Å². The number of benzene rings is 1. The van der Waals surface area contributed by atoms with Crippen molar-refractivity contribution in [3.05, 3.63) is 47.0 Å². The van der Waals surface area contributed by atoms with E-state index in [1.165, 1.54) is 12.2 Å². The fraction of sp³-hybridized carbons (Fsp3) is 0. The first-order chi connectivity index (χ1) is 7.03. The van der Waals surface area contributed by atoms with Crippen LogP contribution in [0.4, 0.5) is 5.69 Å². The van der Waals surface area contributed by atoms with E-state index in [1.54, 1.807) is 24.3 Å². The van der Waals surface area contributed by atoms with Crippen molar-refractivity contribution in [3.8, 4) is 0 Å². The van der Waals surface area contributed by atoms with Crippen molar-refractivity contribution in [1.82, 2.24) is 0 Å². The van der Waals surface area contributed by atoms with Gasteiger partial charge in [0.2, 0.25) is 9.84 Å². The SMILES string of the molecule is NC1=CC=C(c2ccccc2N)S1(=O)=O. The highest BCUT2D eigenvalue weighted by atomic mass is 32.2. The van der Waals surface area contributed by atoms with Crippen molar-refractivity contribution < 1.29 is 8.42 Å². The first kappa shape index (κ1) is 9.79. The summed E-state index contributed by atoms with van der Waals surface area (Å²) in [5.41, 5.74) is 12.0. The maximum atomic E-state index is 11.7. The third-order valence-electron chi connectivity index (χ3n) is 2.23. The third-order valence-corrected chi connectivity index (χ3v) is 3.92. The Bertz CT molecular complexity index is 571. The maximum absolute atomic E-state index is 11.7. The van der Waals surface area contributed by atoms with Crippen LogP contribution in [-0.2, 0) is 9.84 Å². The van der Waals surface area contributed by atoms with Crippen LogP contribution in [0.5, 0.6) is 0 Å². The number of nitrogens with two attached hydrogens (primary N) is 2. The lowest BCUT2D eigenvalue weighted by molar-refractivity contribution is 0.611. The second-order valence-electron chi connectivity index (χ2n) is 3.19. The predicted octanol–water partition coefficient (Wildman–Crippen LogP) is 0.838.